The predicted octanol–water partition coefficient (Wildman–Crippen LogP) is 1.51. The lowest BCUT2D eigenvalue weighted by Gasteiger charge is -2.37. The highest BCUT2D eigenvalue weighted by atomic mass is 16.2. The third-order valence-corrected chi connectivity index (χ3v) is 3.92. The largest absolute Gasteiger partial charge is 0.351 e. The van der Waals surface area contributed by atoms with E-state index in [2.05, 4.69) is 10.2 Å². The van der Waals surface area contributed by atoms with E-state index in [0.29, 0.717) is 25.7 Å². The highest BCUT2D eigenvalue weighted by molar-refractivity contribution is 5.78. The molecule has 0 bridgehead atoms. The van der Waals surface area contributed by atoms with Crippen molar-refractivity contribution in [2.24, 2.45) is 5.73 Å². The SMILES string of the molecule is NCCCN(CC(=O)NCc1ccccc1)C1CCC1. The normalized spacial score (nSPS) is 15.1. The minimum Gasteiger partial charge on any atom is -0.351 e. The first-order chi connectivity index (χ1) is 9.79. The molecule has 110 valence electrons. The molecule has 4 nitrogen and oxygen atoms in total. The zero-order valence-corrected chi connectivity index (χ0v) is 12.1. The van der Waals surface area contributed by atoms with Crippen LogP contribution in [0.25, 0.3) is 0 Å². The highest BCUT2D eigenvalue weighted by Crippen LogP contribution is 2.24. The molecule has 1 aliphatic carbocycles. The molecule has 1 aromatic carbocycles. The molecule has 1 amide bonds. The summed E-state index contributed by atoms with van der Waals surface area (Å²) >= 11 is 0. The number of hydrogen-bond donors (Lipinski definition) is 2. The number of nitrogens with one attached hydrogen (secondary N) is 1. The summed E-state index contributed by atoms with van der Waals surface area (Å²) in [5.74, 6) is 0.109. The van der Waals surface area contributed by atoms with Gasteiger partial charge in [-0.05, 0) is 31.4 Å². The van der Waals surface area contributed by atoms with Gasteiger partial charge in [0, 0.05) is 19.1 Å². The number of nitrogens with zero attached hydrogens (tertiary/aromatic N) is 1. The molecule has 0 unspecified atom stereocenters. The molecular weight excluding hydrogens is 250 g/mol. The first-order valence-electron chi connectivity index (χ1n) is 7.54. The van der Waals surface area contributed by atoms with Crippen LogP contribution in [0, 0.1) is 0 Å². The summed E-state index contributed by atoms with van der Waals surface area (Å²) in [4.78, 5) is 14.3. The summed E-state index contributed by atoms with van der Waals surface area (Å²) in [6.07, 6.45) is 4.69. The molecule has 3 N–H and O–H groups in total. The van der Waals surface area contributed by atoms with Gasteiger partial charge in [-0.2, -0.15) is 0 Å². The Labute approximate surface area is 121 Å². The first kappa shape index (κ1) is 15.0. The summed E-state index contributed by atoms with van der Waals surface area (Å²) in [7, 11) is 0. The van der Waals surface area contributed by atoms with Gasteiger partial charge in [-0.3, -0.25) is 9.69 Å². The zero-order chi connectivity index (χ0) is 14.2. The molecule has 0 atom stereocenters. The fourth-order valence-electron chi connectivity index (χ4n) is 2.47. The van der Waals surface area contributed by atoms with Gasteiger partial charge in [0.1, 0.15) is 0 Å². The van der Waals surface area contributed by atoms with Gasteiger partial charge in [0.05, 0.1) is 6.54 Å². The average molecular weight is 275 g/mol. The van der Waals surface area contributed by atoms with Crippen molar-refractivity contribution in [2.75, 3.05) is 19.6 Å². The Morgan fingerprint density at radius 1 is 1.30 bits per heavy atom. The molecule has 1 fully saturated rings. The van der Waals surface area contributed by atoms with Crippen molar-refractivity contribution in [2.45, 2.75) is 38.3 Å². The summed E-state index contributed by atoms with van der Waals surface area (Å²) in [5, 5.41) is 3.00. The standard InChI is InChI=1S/C16H25N3O/c17-10-5-11-19(15-8-4-9-15)13-16(20)18-12-14-6-2-1-3-7-14/h1-3,6-7,15H,4-5,8-13,17H2,(H,18,20). The second-order valence-electron chi connectivity index (χ2n) is 5.46. The highest BCUT2D eigenvalue weighted by Gasteiger charge is 2.25. The van der Waals surface area contributed by atoms with E-state index in [1.54, 1.807) is 0 Å². The smallest absolute Gasteiger partial charge is 0.234 e. The van der Waals surface area contributed by atoms with Crippen molar-refractivity contribution in [3.63, 3.8) is 0 Å². The van der Waals surface area contributed by atoms with Crippen LogP contribution in [-0.4, -0.2) is 36.5 Å². The van der Waals surface area contributed by atoms with E-state index in [1.807, 2.05) is 30.3 Å². The zero-order valence-electron chi connectivity index (χ0n) is 12.1. The van der Waals surface area contributed by atoms with Crippen LogP contribution in [-0.2, 0) is 11.3 Å². The van der Waals surface area contributed by atoms with E-state index >= 15 is 0 Å². The van der Waals surface area contributed by atoms with E-state index in [1.165, 1.54) is 19.3 Å². The minimum absolute atomic E-state index is 0.109. The van der Waals surface area contributed by atoms with Crippen molar-refractivity contribution in [3.8, 4) is 0 Å². The van der Waals surface area contributed by atoms with Gasteiger partial charge in [-0.25, -0.2) is 0 Å². The summed E-state index contributed by atoms with van der Waals surface area (Å²) in [6, 6.07) is 10.6. The molecule has 0 radical (unpaired) electrons. The topological polar surface area (TPSA) is 58.4 Å². The number of amides is 1. The summed E-state index contributed by atoms with van der Waals surface area (Å²) in [5.41, 5.74) is 6.71. The van der Waals surface area contributed by atoms with Crippen LogP contribution in [0.3, 0.4) is 0 Å². The van der Waals surface area contributed by atoms with Gasteiger partial charge in [0.25, 0.3) is 0 Å². The molecule has 0 spiro atoms. The molecule has 4 heteroatoms. The van der Waals surface area contributed by atoms with E-state index in [0.717, 1.165) is 18.5 Å². The van der Waals surface area contributed by atoms with Crippen LogP contribution in [0.2, 0.25) is 0 Å². The van der Waals surface area contributed by atoms with Crippen LogP contribution in [0.5, 0.6) is 0 Å². The van der Waals surface area contributed by atoms with E-state index in [4.69, 9.17) is 5.73 Å². The summed E-state index contributed by atoms with van der Waals surface area (Å²) < 4.78 is 0. The maximum absolute atomic E-state index is 12.1. The molecule has 0 heterocycles. The molecule has 0 saturated heterocycles. The van der Waals surface area contributed by atoms with Crippen molar-refractivity contribution in [1.29, 1.82) is 0 Å². The van der Waals surface area contributed by atoms with Gasteiger partial charge < -0.3 is 11.1 Å². The number of carbonyl (C=O) groups excluding carboxylic acids is 1. The van der Waals surface area contributed by atoms with Crippen LogP contribution >= 0.6 is 0 Å². The van der Waals surface area contributed by atoms with Gasteiger partial charge in [-0.15, -0.1) is 0 Å². The summed E-state index contributed by atoms with van der Waals surface area (Å²) in [6.45, 7) is 2.72. The van der Waals surface area contributed by atoms with E-state index < -0.39 is 0 Å². The lowest BCUT2D eigenvalue weighted by atomic mass is 9.91. The number of nitrogens with two attached hydrogens (primary N) is 1. The average Bonchev–Trinajstić information content (AvgIpc) is 2.42. The fourth-order valence-corrected chi connectivity index (χ4v) is 2.47. The number of hydrogen-bond acceptors (Lipinski definition) is 3. The molecule has 1 aromatic rings. The minimum atomic E-state index is 0.109. The van der Waals surface area contributed by atoms with Gasteiger partial charge >= 0.3 is 0 Å². The Bertz CT molecular complexity index is 403. The lowest BCUT2D eigenvalue weighted by Crippen LogP contribution is -2.46. The third kappa shape index (κ3) is 4.62. The van der Waals surface area contributed by atoms with E-state index in [9.17, 15) is 4.79 Å². The van der Waals surface area contributed by atoms with Crippen LogP contribution in [0.15, 0.2) is 30.3 Å². The Kier molecular flexibility index (Phi) is 6.02. The fraction of sp³-hybridized carbons (Fsp3) is 0.562. The van der Waals surface area contributed by atoms with Crippen molar-refractivity contribution in [1.82, 2.24) is 10.2 Å². The first-order valence-corrected chi connectivity index (χ1v) is 7.54. The monoisotopic (exact) mass is 275 g/mol. The lowest BCUT2D eigenvalue weighted by molar-refractivity contribution is -0.123. The Morgan fingerprint density at radius 3 is 2.65 bits per heavy atom. The van der Waals surface area contributed by atoms with Crippen molar-refractivity contribution < 1.29 is 4.79 Å². The number of benzene rings is 1. The molecule has 20 heavy (non-hydrogen) atoms. The van der Waals surface area contributed by atoms with Gasteiger partial charge in [0.15, 0.2) is 0 Å². The van der Waals surface area contributed by atoms with Crippen molar-refractivity contribution in [3.05, 3.63) is 35.9 Å². The molecule has 1 aliphatic rings. The molecule has 0 aromatic heterocycles. The molecule has 2 rings (SSSR count). The van der Waals surface area contributed by atoms with Crippen LogP contribution < -0.4 is 11.1 Å². The molecular formula is C16H25N3O. The number of carbonyl (C=O) groups is 1. The second-order valence-corrected chi connectivity index (χ2v) is 5.46. The van der Waals surface area contributed by atoms with Gasteiger partial charge in [-0.1, -0.05) is 36.8 Å². The quantitative estimate of drug-likeness (QED) is 0.756. The Morgan fingerprint density at radius 2 is 2.05 bits per heavy atom. The Balaban J connectivity index is 1.75. The molecule has 0 aliphatic heterocycles. The third-order valence-electron chi connectivity index (χ3n) is 3.92. The predicted molar refractivity (Wildman–Crippen MR) is 81.2 cm³/mol. The van der Waals surface area contributed by atoms with E-state index in [-0.39, 0.29) is 5.91 Å². The van der Waals surface area contributed by atoms with Gasteiger partial charge in [0.2, 0.25) is 5.91 Å². The maximum Gasteiger partial charge on any atom is 0.234 e. The van der Waals surface area contributed by atoms with Crippen LogP contribution in [0.4, 0.5) is 0 Å². The Hall–Kier alpha value is -1.39. The number of rotatable bonds is 8. The molecule has 1 saturated carbocycles. The van der Waals surface area contributed by atoms with Crippen LogP contribution in [0.1, 0.15) is 31.2 Å². The maximum atomic E-state index is 12.1. The van der Waals surface area contributed by atoms with Crippen molar-refractivity contribution >= 4 is 5.91 Å². The second kappa shape index (κ2) is 8.02.